The zero-order chi connectivity index (χ0) is 28.4. The van der Waals surface area contributed by atoms with Crippen molar-refractivity contribution in [2.75, 3.05) is 16.2 Å². The minimum Gasteiger partial charge on any atom is -0.481 e. The number of carbonyl (C=O) groups is 3. The normalized spacial score (nSPS) is 18.4. The number of hydrogen-bond donors (Lipinski definition) is 3. The van der Waals surface area contributed by atoms with Crippen molar-refractivity contribution in [2.45, 2.75) is 50.8 Å². The number of ketones is 1. The predicted octanol–water partition coefficient (Wildman–Crippen LogP) is 4.43. The van der Waals surface area contributed by atoms with Gasteiger partial charge in [0.1, 0.15) is 0 Å². The first-order valence-electron chi connectivity index (χ1n) is 13.2. The lowest BCUT2D eigenvalue weighted by molar-refractivity contribution is -0.137. The van der Waals surface area contributed by atoms with E-state index in [-0.39, 0.29) is 34.5 Å². The second kappa shape index (κ2) is 9.19. The van der Waals surface area contributed by atoms with Gasteiger partial charge in [0, 0.05) is 47.6 Å². The van der Waals surface area contributed by atoms with Crippen LogP contribution in [0, 0.1) is 5.41 Å². The van der Waals surface area contributed by atoms with Crippen molar-refractivity contribution in [3.63, 3.8) is 0 Å². The fraction of sp³-hybridized carbons (Fsp3) is 0.300. The summed E-state index contributed by atoms with van der Waals surface area (Å²) in [5.41, 5.74) is 4.84. The molecule has 3 aromatic rings. The zero-order valence-corrected chi connectivity index (χ0v) is 23.0. The smallest absolute Gasteiger partial charge is 0.303 e. The van der Waals surface area contributed by atoms with Crippen LogP contribution in [-0.4, -0.2) is 42.7 Å². The van der Waals surface area contributed by atoms with E-state index >= 15 is 0 Å². The quantitative estimate of drug-likeness (QED) is 0.382. The van der Waals surface area contributed by atoms with Crippen molar-refractivity contribution >= 4 is 50.7 Å². The molecule has 0 atom stereocenters. The molecule has 206 valence electrons. The summed E-state index contributed by atoms with van der Waals surface area (Å²) in [5.74, 6) is -1.44. The van der Waals surface area contributed by atoms with E-state index in [1.165, 1.54) is 16.4 Å². The van der Waals surface area contributed by atoms with Crippen molar-refractivity contribution in [1.82, 2.24) is 4.98 Å². The lowest BCUT2D eigenvalue weighted by Gasteiger charge is -2.28. The monoisotopic (exact) mass is 559 g/mol. The molecule has 2 aliphatic heterocycles. The highest BCUT2D eigenvalue weighted by Crippen LogP contribution is 2.41. The largest absolute Gasteiger partial charge is 0.481 e. The number of carboxylic acid groups (broad SMARTS) is 1. The Morgan fingerprint density at radius 2 is 1.90 bits per heavy atom. The number of benzene rings is 2. The van der Waals surface area contributed by atoms with Gasteiger partial charge in [-0.2, -0.15) is 0 Å². The molecule has 10 heteroatoms. The van der Waals surface area contributed by atoms with Gasteiger partial charge in [-0.15, -0.1) is 0 Å². The molecule has 0 radical (unpaired) electrons. The van der Waals surface area contributed by atoms with E-state index in [1.54, 1.807) is 18.2 Å². The van der Waals surface area contributed by atoms with Gasteiger partial charge in [-0.05, 0) is 66.1 Å². The number of H-pyrrole nitrogens is 1. The van der Waals surface area contributed by atoms with Gasteiger partial charge in [-0.25, -0.2) is 8.42 Å². The minimum absolute atomic E-state index is 0.0527. The van der Waals surface area contributed by atoms with Crippen LogP contribution in [0.5, 0.6) is 0 Å². The first-order chi connectivity index (χ1) is 18.9. The maximum absolute atomic E-state index is 13.7. The summed E-state index contributed by atoms with van der Waals surface area (Å²) in [6.45, 7) is 4.35. The van der Waals surface area contributed by atoms with E-state index in [0.29, 0.717) is 59.6 Å². The van der Waals surface area contributed by atoms with Crippen LogP contribution in [0.2, 0.25) is 0 Å². The van der Waals surface area contributed by atoms with Crippen LogP contribution < -0.4 is 9.62 Å². The lowest BCUT2D eigenvalue weighted by atomic mass is 9.75. The van der Waals surface area contributed by atoms with Gasteiger partial charge in [0.2, 0.25) is 0 Å². The van der Waals surface area contributed by atoms with Crippen molar-refractivity contribution in [3.05, 3.63) is 76.1 Å². The van der Waals surface area contributed by atoms with Crippen LogP contribution in [0.25, 0.3) is 11.6 Å². The number of aliphatic carboxylic acids is 1. The Morgan fingerprint density at radius 3 is 2.67 bits per heavy atom. The van der Waals surface area contributed by atoms with Crippen molar-refractivity contribution < 1.29 is 27.9 Å². The van der Waals surface area contributed by atoms with Gasteiger partial charge in [0.15, 0.2) is 5.78 Å². The number of fused-ring (bicyclic) bond motifs is 3. The molecular weight excluding hydrogens is 530 g/mol. The molecule has 40 heavy (non-hydrogen) atoms. The second-order valence-corrected chi connectivity index (χ2v) is 13.2. The maximum atomic E-state index is 13.7. The Bertz CT molecular complexity index is 1750. The summed E-state index contributed by atoms with van der Waals surface area (Å²) < 4.78 is 28.8. The van der Waals surface area contributed by atoms with E-state index in [0.717, 1.165) is 11.3 Å². The predicted molar refractivity (Wildman–Crippen MR) is 151 cm³/mol. The number of carboxylic acids is 1. The van der Waals surface area contributed by atoms with Crippen LogP contribution in [0.1, 0.15) is 65.1 Å². The number of Topliss-reactive ketones (excluding diaryl/α,β-unsaturated/α-hetero) is 1. The third-order valence-corrected chi connectivity index (χ3v) is 9.68. The molecule has 1 aliphatic carbocycles. The summed E-state index contributed by atoms with van der Waals surface area (Å²) in [6.07, 6.45) is 3.15. The topological polar surface area (TPSA) is 137 Å². The molecule has 2 aromatic carbocycles. The SMILES string of the molecule is CC1(C)CC(=O)c2c([nH]c(C=C3C(=O)Nc4ccc(S(=O)(=O)N5CCc6ccccc65)cc43)c2CCC(=O)O)C1. The number of anilines is 2. The third kappa shape index (κ3) is 4.32. The Hall–Kier alpha value is -4.18. The summed E-state index contributed by atoms with van der Waals surface area (Å²) >= 11 is 0. The Morgan fingerprint density at radius 1 is 1.12 bits per heavy atom. The van der Waals surface area contributed by atoms with Crippen molar-refractivity contribution in [2.24, 2.45) is 5.41 Å². The molecule has 3 aliphatic rings. The summed E-state index contributed by atoms with van der Waals surface area (Å²) in [6, 6.07) is 12.0. The van der Waals surface area contributed by atoms with Gasteiger partial charge in [0.05, 0.1) is 16.2 Å². The molecule has 1 aromatic heterocycles. The Labute approximate surface area is 232 Å². The number of aromatic nitrogens is 1. The number of sulfonamides is 1. The van der Waals surface area contributed by atoms with E-state index in [2.05, 4.69) is 10.3 Å². The van der Waals surface area contributed by atoms with E-state index in [1.807, 2.05) is 32.0 Å². The highest BCUT2D eigenvalue weighted by molar-refractivity contribution is 7.92. The highest BCUT2D eigenvalue weighted by Gasteiger charge is 2.36. The number of carbonyl (C=O) groups excluding carboxylic acids is 2. The molecule has 1 amide bonds. The van der Waals surface area contributed by atoms with Crippen molar-refractivity contribution in [1.29, 1.82) is 0 Å². The fourth-order valence-corrected chi connectivity index (χ4v) is 7.60. The lowest BCUT2D eigenvalue weighted by Crippen LogP contribution is -2.29. The molecule has 0 bridgehead atoms. The molecule has 0 spiro atoms. The molecule has 0 saturated carbocycles. The molecule has 6 rings (SSSR count). The van der Waals surface area contributed by atoms with Crippen molar-refractivity contribution in [3.8, 4) is 0 Å². The summed E-state index contributed by atoms with van der Waals surface area (Å²) in [5, 5.41) is 12.1. The Kier molecular flexibility index (Phi) is 5.99. The number of nitrogens with zero attached hydrogens (tertiary/aromatic N) is 1. The number of para-hydroxylation sites is 1. The molecule has 9 nitrogen and oxygen atoms in total. The molecule has 0 fully saturated rings. The Balaban J connectivity index is 1.43. The van der Waals surface area contributed by atoms with Gasteiger partial charge in [0.25, 0.3) is 15.9 Å². The molecule has 0 unspecified atom stereocenters. The second-order valence-electron chi connectivity index (χ2n) is 11.4. The maximum Gasteiger partial charge on any atom is 0.303 e. The van der Waals surface area contributed by atoms with Gasteiger partial charge >= 0.3 is 5.97 Å². The van der Waals surface area contributed by atoms with Crippen LogP contribution in [0.4, 0.5) is 11.4 Å². The van der Waals surface area contributed by atoms with Crippen LogP contribution >= 0.6 is 0 Å². The number of amides is 1. The standard InChI is InChI=1S/C30H29N3O6S/c1-30(2)15-24-28(26(34)16-30)19(8-10-27(35)36)23(31-24)14-21-20-13-18(7-9-22(20)32-29(21)37)40(38,39)33-12-11-17-5-3-4-6-25(17)33/h3-7,9,13-14,31H,8,10-12,15-16H2,1-2H3,(H,32,37)(H,35,36). The first-order valence-corrected chi connectivity index (χ1v) is 14.7. The molecule has 0 saturated heterocycles. The third-order valence-electron chi connectivity index (χ3n) is 7.87. The van der Waals surface area contributed by atoms with Gasteiger partial charge in [-0.1, -0.05) is 32.0 Å². The van der Waals surface area contributed by atoms with Crippen LogP contribution in [-0.2, 0) is 38.9 Å². The number of hydrogen-bond acceptors (Lipinski definition) is 5. The first kappa shape index (κ1) is 26.1. The van der Waals surface area contributed by atoms with Crippen LogP contribution in [0.3, 0.4) is 0 Å². The molecular formula is C30H29N3O6S. The number of aromatic amines is 1. The fourth-order valence-electron chi connectivity index (χ4n) is 6.07. The number of nitrogens with one attached hydrogen (secondary N) is 2. The minimum atomic E-state index is -3.89. The zero-order valence-electron chi connectivity index (χ0n) is 22.2. The van der Waals surface area contributed by atoms with Crippen LogP contribution in [0.15, 0.2) is 47.4 Å². The average Bonchev–Trinajstić information content (AvgIpc) is 3.55. The van der Waals surface area contributed by atoms with Gasteiger partial charge in [-0.3, -0.25) is 18.7 Å². The average molecular weight is 560 g/mol. The van der Waals surface area contributed by atoms with Gasteiger partial charge < -0.3 is 15.4 Å². The molecule has 3 heterocycles. The number of rotatable bonds is 6. The van der Waals surface area contributed by atoms with E-state index in [4.69, 9.17) is 0 Å². The van der Waals surface area contributed by atoms with E-state index < -0.39 is 21.9 Å². The summed E-state index contributed by atoms with van der Waals surface area (Å²) in [7, 11) is -3.89. The summed E-state index contributed by atoms with van der Waals surface area (Å²) in [4.78, 5) is 41.0. The molecule has 3 N–H and O–H groups in total. The highest BCUT2D eigenvalue weighted by atomic mass is 32.2. The van der Waals surface area contributed by atoms with E-state index in [9.17, 15) is 27.9 Å².